The molecule has 2 aromatic heterocycles. The zero-order valence-corrected chi connectivity index (χ0v) is 20.0. The molecule has 2 heterocycles. The van der Waals surface area contributed by atoms with Gasteiger partial charge in [-0.3, -0.25) is 0 Å². The molecule has 0 aliphatic rings. The van der Waals surface area contributed by atoms with Crippen LogP contribution < -0.4 is 0 Å². The first-order chi connectivity index (χ1) is 15.7. The fourth-order valence-corrected chi connectivity index (χ4v) is 4.24. The topological polar surface area (TPSA) is 83.1 Å². The van der Waals surface area contributed by atoms with Crippen LogP contribution in [-0.2, 0) is 11.5 Å². The van der Waals surface area contributed by atoms with Gasteiger partial charge in [-0.15, -0.1) is 10.2 Å². The molecule has 6 nitrogen and oxygen atoms in total. The molecule has 0 fully saturated rings. The summed E-state index contributed by atoms with van der Waals surface area (Å²) in [5.41, 5.74) is 5.16. The third kappa shape index (κ3) is 7.69. The van der Waals surface area contributed by atoms with E-state index in [1.165, 1.54) is 23.1 Å². The third-order valence-corrected chi connectivity index (χ3v) is 6.88. The van der Waals surface area contributed by atoms with Crippen molar-refractivity contribution in [3.8, 4) is 0 Å². The van der Waals surface area contributed by atoms with Crippen LogP contribution in [0.5, 0.6) is 0 Å². The summed E-state index contributed by atoms with van der Waals surface area (Å²) in [6.45, 7) is 8.20. The van der Waals surface area contributed by atoms with E-state index in [0.717, 1.165) is 27.1 Å². The minimum absolute atomic E-state index is 0.646. The molecular formula is C24H28N6S2. The van der Waals surface area contributed by atoms with Crippen LogP contribution in [0.3, 0.4) is 0 Å². The average Bonchev–Trinajstić information content (AvgIpc) is 3.56. The number of aromatic amines is 2. The maximum absolute atomic E-state index is 4.02. The number of aromatic nitrogens is 6. The van der Waals surface area contributed by atoms with Crippen LogP contribution in [0.25, 0.3) is 6.08 Å². The quantitative estimate of drug-likeness (QED) is 0.281. The van der Waals surface area contributed by atoms with Gasteiger partial charge in [0.1, 0.15) is 10.1 Å². The lowest BCUT2D eigenvalue weighted by atomic mass is 9.98. The molecule has 8 heteroatoms. The lowest BCUT2D eigenvalue weighted by Gasteiger charge is -2.09. The standard InChI is InChI=1S/C13H17N3S.C11H11N3S/c1-3-10(2)12-6-4-11(5-7-12)9-17-13-8-14-16-15-13;1-2-9-3-5-10(6-4-9)8-15-11-7-12-14-13-11/h4-8,10H,3,9H2,1-2H3,(H,14,15,16);2-7H,1,8H2,(H,12,13,14). The summed E-state index contributed by atoms with van der Waals surface area (Å²) in [4.78, 5) is 0. The Morgan fingerprint density at radius 1 is 0.844 bits per heavy atom. The molecule has 0 radical (unpaired) electrons. The molecule has 1 atom stereocenters. The Balaban J connectivity index is 0.000000182. The summed E-state index contributed by atoms with van der Waals surface area (Å²) in [6, 6.07) is 17.2. The largest absolute Gasteiger partial charge is 0.197 e. The average molecular weight is 465 g/mol. The Kier molecular flexibility index (Phi) is 9.59. The van der Waals surface area contributed by atoms with Gasteiger partial charge in [-0.25, -0.2) is 0 Å². The van der Waals surface area contributed by atoms with Crippen molar-refractivity contribution in [3.05, 3.63) is 89.8 Å². The van der Waals surface area contributed by atoms with E-state index in [1.807, 2.05) is 6.08 Å². The van der Waals surface area contributed by atoms with E-state index in [9.17, 15) is 0 Å². The van der Waals surface area contributed by atoms with Gasteiger partial charge in [0.05, 0.1) is 12.4 Å². The zero-order valence-electron chi connectivity index (χ0n) is 18.4. The van der Waals surface area contributed by atoms with E-state index in [4.69, 9.17) is 0 Å². The van der Waals surface area contributed by atoms with Crippen molar-refractivity contribution in [2.45, 2.75) is 47.7 Å². The normalized spacial score (nSPS) is 11.4. The summed E-state index contributed by atoms with van der Waals surface area (Å²) in [5, 5.41) is 22.6. The van der Waals surface area contributed by atoms with Gasteiger partial charge in [0.25, 0.3) is 0 Å². The molecule has 0 bridgehead atoms. The molecule has 0 saturated heterocycles. The minimum Gasteiger partial charge on any atom is -0.197 e. The smallest absolute Gasteiger partial charge is 0.139 e. The molecule has 32 heavy (non-hydrogen) atoms. The van der Waals surface area contributed by atoms with Gasteiger partial charge in [-0.05, 0) is 34.6 Å². The van der Waals surface area contributed by atoms with Crippen LogP contribution in [-0.4, -0.2) is 30.8 Å². The fourth-order valence-electron chi connectivity index (χ4n) is 2.76. The SMILES string of the molecule is C=Cc1ccc(CSc2cn[nH]n2)cc1.CCC(C)c1ccc(CSc2cn[nH]n2)cc1. The minimum atomic E-state index is 0.646. The van der Waals surface area contributed by atoms with E-state index in [0.29, 0.717) is 5.92 Å². The van der Waals surface area contributed by atoms with E-state index in [1.54, 1.807) is 35.9 Å². The Morgan fingerprint density at radius 2 is 1.34 bits per heavy atom. The van der Waals surface area contributed by atoms with Gasteiger partial charge in [-0.2, -0.15) is 20.6 Å². The first-order valence-electron chi connectivity index (χ1n) is 10.4. The van der Waals surface area contributed by atoms with E-state index < -0.39 is 0 Å². The Hall–Kier alpha value is -2.84. The number of rotatable bonds is 9. The van der Waals surface area contributed by atoms with Crippen molar-refractivity contribution in [3.63, 3.8) is 0 Å². The van der Waals surface area contributed by atoms with Crippen LogP contribution in [0.4, 0.5) is 0 Å². The highest BCUT2D eigenvalue weighted by molar-refractivity contribution is 7.98. The van der Waals surface area contributed by atoms with Crippen molar-refractivity contribution in [2.24, 2.45) is 0 Å². The monoisotopic (exact) mass is 464 g/mol. The van der Waals surface area contributed by atoms with E-state index >= 15 is 0 Å². The molecule has 2 N–H and O–H groups in total. The van der Waals surface area contributed by atoms with Gasteiger partial charge < -0.3 is 0 Å². The highest BCUT2D eigenvalue weighted by Crippen LogP contribution is 2.23. The molecule has 2 aromatic carbocycles. The van der Waals surface area contributed by atoms with E-state index in [-0.39, 0.29) is 0 Å². The van der Waals surface area contributed by atoms with Gasteiger partial charge in [0, 0.05) is 11.5 Å². The molecule has 166 valence electrons. The third-order valence-electron chi connectivity index (χ3n) is 4.94. The van der Waals surface area contributed by atoms with Crippen LogP contribution in [0.2, 0.25) is 0 Å². The molecule has 1 unspecified atom stereocenters. The van der Waals surface area contributed by atoms with Crippen LogP contribution in [0.1, 0.15) is 48.4 Å². The van der Waals surface area contributed by atoms with Crippen molar-refractivity contribution in [1.29, 1.82) is 0 Å². The highest BCUT2D eigenvalue weighted by Gasteiger charge is 2.03. The lowest BCUT2D eigenvalue weighted by molar-refractivity contribution is 0.733. The number of H-pyrrole nitrogens is 2. The Labute approximate surface area is 197 Å². The van der Waals surface area contributed by atoms with Gasteiger partial charge in [0.2, 0.25) is 0 Å². The molecule has 4 aromatic rings. The molecular weight excluding hydrogens is 436 g/mol. The molecule has 0 aliphatic carbocycles. The molecule has 4 rings (SSSR count). The summed E-state index contributed by atoms with van der Waals surface area (Å²) in [6.07, 6.45) is 6.50. The first kappa shape index (κ1) is 23.8. The maximum Gasteiger partial charge on any atom is 0.139 e. The van der Waals surface area contributed by atoms with Crippen molar-refractivity contribution < 1.29 is 0 Å². The van der Waals surface area contributed by atoms with Crippen LogP contribution in [0.15, 0.2) is 77.6 Å². The lowest BCUT2D eigenvalue weighted by Crippen LogP contribution is -1.91. The Bertz CT molecular complexity index is 1030. The molecule has 0 saturated carbocycles. The van der Waals surface area contributed by atoms with Crippen molar-refractivity contribution in [1.82, 2.24) is 30.8 Å². The second-order valence-corrected chi connectivity index (χ2v) is 9.18. The second-order valence-electron chi connectivity index (χ2n) is 7.19. The predicted molar refractivity (Wildman–Crippen MR) is 134 cm³/mol. The van der Waals surface area contributed by atoms with Crippen LogP contribution >= 0.6 is 23.5 Å². The second kappa shape index (κ2) is 12.9. The summed E-state index contributed by atoms with van der Waals surface area (Å²) >= 11 is 3.36. The van der Waals surface area contributed by atoms with Crippen molar-refractivity contribution >= 4 is 29.6 Å². The number of hydrogen-bond acceptors (Lipinski definition) is 6. The number of nitrogens with one attached hydrogen (secondary N) is 2. The van der Waals surface area contributed by atoms with Crippen molar-refractivity contribution in [2.75, 3.05) is 0 Å². The molecule has 0 spiro atoms. The number of hydrogen-bond donors (Lipinski definition) is 2. The zero-order chi connectivity index (χ0) is 22.6. The van der Waals surface area contributed by atoms with Gasteiger partial charge in [0.15, 0.2) is 0 Å². The maximum atomic E-state index is 4.02. The summed E-state index contributed by atoms with van der Waals surface area (Å²) < 4.78 is 0. The summed E-state index contributed by atoms with van der Waals surface area (Å²) in [7, 11) is 0. The first-order valence-corrected chi connectivity index (χ1v) is 12.4. The fraction of sp³-hybridized carbons (Fsp3) is 0.250. The molecule has 0 amide bonds. The van der Waals surface area contributed by atoms with E-state index in [2.05, 4.69) is 99.8 Å². The summed E-state index contributed by atoms with van der Waals surface area (Å²) in [5.74, 6) is 2.49. The molecule has 0 aliphatic heterocycles. The predicted octanol–water partition coefficient (Wildman–Crippen LogP) is 6.35. The number of benzene rings is 2. The highest BCUT2D eigenvalue weighted by atomic mass is 32.2. The Morgan fingerprint density at radius 3 is 1.75 bits per heavy atom. The van der Waals surface area contributed by atoms with Gasteiger partial charge in [-0.1, -0.05) is 98.6 Å². The number of nitrogens with zero attached hydrogens (tertiary/aromatic N) is 4. The van der Waals surface area contributed by atoms with Crippen LogP contribution in [0, 0.1) is 0 Å². The van der Waals surface area contributed by atoms with Gasteiger partial charge >= 0.3 is 0 Å². The number of thioether (sulfide) groups is 2.